The largest absolute Gasteiger partial charge is 0.311 e. The van der Waals surface area contributed by atoms with Crippen LogP contribution in [-0.4, -0.2) is 47.0 Å². The molecule has 11 heteroatoms. The quantitative estimate of drug-likeness (QED) is 0.108. The Hall–Kier alpha value is -13.6. The van der Waals surface area contributed by atoms with Gasteiger partial charge in [-0.15, -0.1) is 0 Å². The molecule has 0 N–H and O–H groups in total. The molecule has 5 aliphatic heterocycles. The number of hydrogen-bond acceptors (Lipinski definition) is 10. The minimum Gasteiger partial charge on any atom is -0.311 e. The van der Waals surface area contributed by atoms with Gasteiger partial charge in [-0.25, -0.2) is 4.90 Å². The van der Waals surface area contributed by atoms with Crippen LogP contribution in [-0.2, 0) is 0 Å². The number of guanidine groups is 3. The van der Waals surface area contributed by atoms with Crippen molar-refractivity contribution in [3.05, 3.63) is 375 Å². The second-order valence-electron chi connectivity index (χ2n) is 25.5. The molecule has 5 heterocycles. The molecule has 0 unspecified atom stereocenters. The van der Waals surface area contributed by atoms with E-state index in [1.807, 2.05) is 60.7 Å². The topological polar surface area (TPSA) is 87.1 Å². The second-order valence-corrected chi connectivity index (χ2v) is 25.5. The van der Waals surface area contributed by atoms with Crippen LogP contribution in [0.3, 0.4) is 0 Å². The maximum Gasteiger partial charge on any atom is 0.252 e. The molecular formula is C90H59BN10. The van der Waals surface area contributed by atoms with E-state index >= 15 is 0 Å². The van der Waals surface area contributed by atoms with Crippen LogP contribution in [0.15, 0.2) is 388 Å². The summed E-state index contributed by atoms with van der Waals surface area (Å²) in [6.45, 7) is -0.207. The normalized spacial score (nSPS) is 13.8. The number of nitrogens with zero attached hydrogens (tertiary/aromatic N) is 10. The van der Waals surface area contributed by atoms with Crippen molar-refractivity contribution in [2.75, 3.05) is 14.7 Å². The average molecular weight is 1290 g/mol. The Kier molecular flexibility index (Phi) is 14.4. The third-order valence-corrected chi connectivity index (χ3v) is 19.5. The molecule has 0 fully saturated rings. The van der Waals surface area contributed by atoms with Crippen LogP contribution >= 0.6 is 0 Å². The summed E-state index contributed by atoms with van der Waals surface area (Å²) in [5, 5.41) is 0. The average Bonchev–Trinajstić information content (AvgIpc) is 0.696. The van der Waals surface area contributed by atoms with Gasteiger partial charge in [0.2, 0.25) is 17.9 Å². The lowest BCUT2D eigenvalue weighted by molar-refractivity contribution is 0.828. The predicted octanol–water partition coefficient (Wildman–Crippen LogP) is 19.6. The van der Waals surface area contributed by atoms with Gasteiger partial charge < -0.3 is 14.7 Å². The van der Waals surface area contributed by atoms with Crippen molar-refractivity contribution in [1.29, 1.82) is 0 Å². The molecule has 0 radical (unpaired) electrons. The van der Waals surface area contributed by atoms with Crippen molar-refractivity contribution in [1.82, 2.24) is 4.90 Å². The van der Waals surface area contributed by atoms with Crippen molar-refractivity contribution >= 4 is 110 Å². The van der Waals surface area contributed by atoms with E-state index in [1.165, 1.54) is 16.4 Å². The summed E-state index contributed by atoms with van der Waals surface area (Å²) in [5.74, 6) is 2.62. The third-order valence-electron chi connectivity index (χ3n) is 19.5. The van der Waals surface area contributed by atoms with Crippen LogP contribution in [0, 0.1) is 0 Å². The van der Waals surface area contributed by atoms with Gasteiger partial charge in [-0.2, -0.15) is 30.0 Å². The molecule has 0 aliphatic carbocycles. The number of hydrogen-bond donors (Lipinski definition) is 0. The molecule has 0 spiro atoms. The number of anilines is 9. The van der Waals surface area contributed by atoms with E-state index in [-0.39, 0.29) is 6.71 Å². The number of benzene rings is 14. The van der Waals surface area contributed by atoms with E-state index in [9.17, 15) is 0 Å². The van der Waals surface area contributed by atoms with Crippen molar-refractivity contribution < 1.29 is 0 Å². The van der Waals surface area contributed by atoms with Gasteiger partial charge in [0.05, 0.1) is 5.69 Å². The van der Waals surface area contributed by atoms with Crippen LogP contribution in [0.5, 0.6) is 0 Å². The van der Waals surface area contributed by atoms with E-state index in [0.717, 1.165) is 124 Å². The SMILES string of the molecule is c1ccc(C2=NC3=NC(c4ccccc4)=NC4=NC(c5ccc(N(c6ccc(-c7ccccc7)cc6)c6cc7c8c(c6)N(c6ccc(-c9ccccc9)cc6)c6ccc(-c9ccccc9)cc6B8c6cc(-c8ccccc8)ccc6N7c6ccc(-c7ccccc7)cc6)cc5)=NC(=N2)N34)cc1. The van der Waals surface area contributed by atoms with Gasteiger partial charge in [-0.3, -0.25) is 0 Å². The highest BCUT2D eigenvalue weighted by atomic mass is 15.5. The Labute approximate surface area is 586 Å². The molecule has 0 aromatic heterocycles. The molecule has 472 valence electrons. The Morgan fingerprint density at radius 1 is 0.208 bits per heavy atom. The summed E-state index contributed by atoms with van der Waals surface area (Å²) in [6.07, 6.45) is 0. The minimum absolute atomic E-state index is 0.207. The van der Waals surface area contributed by atoms with Gasteiger partial charge >= 0.3 is 0 Å². The third kappa shape index (κ3) is 10.6. The molecule has 0 atom stereocenters. The molecule has 0 amide bonds. The first-order valence-corrected chi connectivity index (χ1v) is 34.0. The maximum atomic E-state index is 5.19. The Balaban J connectivity index is 0.839. The number of rotatable bonds is 13. The molecule has 19 rings (SSSR count). The summed E-state index contributed by atoms with van der Waals surface area (Å²) in [6, 6.07) is 128. The predicted molar refractivity (Wildman–Crippen MR) is 419 cm³/mol. The second kappa shape index (κ2) is 24.8. The van der Waals surface area contributed by atoms with Gasteiger partial charge in [0.15, 0.2) is 17.5 Å². The van der Waals surface area contributed by atoms with Gasteiger partial charge in [0.25, 0.3) is 6.71 Å². The van der Waals surface area contributed by atoms with E-state index < -0.39 is 0 Å². The van der Waals surface area contributed by atoms with Crippen LogP contribution < -0.4 is 31.1 Å². The fourth-order valence-electron chi connectivity index (χ4n) is 14.7. The molecule has 101 heavy (non-hydrogen) atoms. The summed E-state index contributed by atoms with van der Waals surface area (Å²) < 4.78 is 0. The molecule has 5 aliphatic rings. The van der Waals surface area contributed by atoms with Crippen molar-refractivity contribution in [2.45, 2.75) is 0 Å². The molecule has 10 nitrogen and oxygen atoms in total. The lowest BCUT2D eigenvalue weighted by atomic mass is 9.33. The lowest BCUT2D eigenvalue weighted by Crippen LogP contribution is -2.61. The van der Waals surface area contributed by atoms with Gasteiger partial charge in [0.1, 0.15) is 0 Å². The van der Waals surface area contributed by atoms with Crippen LogP contribution in [0.1, 0.15) is 16.7 Å². The fourth-order valence-corrected chi connectivity index (χ4v) is 14.7. The Bertz CT molecular complexity index is 5480. The standard InChI is InChI=1S/C90H59BN10/c1-8-22-60(23-9-1)65-36-46-73(47-37-65)98(74-52-42-70(43-53-74)87-96-89-94-85(68-32-18-6-19-33-68)92-88-93-86(69-34-20-7-21-35-69)95-90(97-87)101(88)89)77-58-82-84-83(59-77)100(76-50-40-67(41-51-76)62-26-12-3-13-27-62)81-55-45-72(64-30-16-5-17-31-64)57-79(81)91(84)78-56-71(63-28-14-4-15-29-63)44-54-80(78)99(82)75-48-38-66(39-49-75)61-24-10-2-11-25-61/h1-59H. The zero-order valence-corrected chi connectivity index (χ0v) is 54.6. The van der Waals surface area contributed by atoms with E-state index in [2.05, 4.69) is 312 Å². The molecule has 0 bridgehead atoms. The molecule has 0 saturated heterocycles. The summed E-state index contributed by atoms with van der Waals surface area (Å²) in [7, 11) is 0. The van der Waals surface area contributed by atoms with Gasteiger partial charge in [-0.05, 0) is 157 Å². The van der Waals surface area contributed by atoms with E-state index in [4.69, 9.17) is 30.0 Å². The minimum atomic E-state index is -0.207. The molecular weight excluding hydrogens is 1230 g/mol. The highest BCUT2D eigenvalue weighted by molar-refractivity contribution is 7.00. The first-order valence-electron chi connectivity index (χ1n) is 34.0. The molecule has 0 saturated carbocycles. The monoisotopic (exact) mass is 1290 g/mol. The first kappa shape index (κ1) is 58.7. The number of amidine groups is 3. The number of aliphatic imine (C=N–C) groups is 6. The van der Waals surface area contributed by atoms with Crippen molar-refractivity contribution in [3.8, 4) is 55.6 Å². The zero-order chi connectivity index (χ0) is 66.7. The van der Waals surface area contributed by atoms with Crippen LogP contribution in [0.4, 0.5) is 51.2 Å². The summed E-state index contributed by atoms with van der Waals surface area (Å²) >= 11 is 0. The highest BCUT2D eigenvalue weighted by Crippen LogP contribution is 2.50. The van der Waals surface area contributed by atoms with Crippen LogP contribution in [0.2, 0.25) is 0 Å². The first-order chi connectivity index (χ1) is 50.0. The molecule has 14 aromatic rings. The lowest BCUT2D eigenvalue weighted by Gasteiger charge is -2.45. The van der Waals surface area contributed by atoms with Gasteiger partial charge in [0, 0.05) is 62.2 Å². The van der Waals surface area contributed by atoms with Crippen molar-refractivity contribution in [2.24, 2.45) is 30.0 Å². The molecule has 14 aromatic carbocycles. The summed E-state index contributed by atoms with van der Waals surface area (Å²) in [5.41, 5.74) is 26.8. The smallest absolute Gasteiger partial charge is 0.252 e. The van der Waals surface area contributed by atoms with E-state index in [1.54, 1.807) is 4.90 Å². The zero-order valence-electron chi connectivity index (χ0n) is 54.6. The number of fused-ring (bicyclic) bond motifs is 4. The maximum absolute atomic E-state index is 5.19. The highest BCUT2D eigenvalue weighted by Gasteiger charge is 2.45. The van der Waals surface area contributed by atoms with Gasteiger partial charge in [-0.1, -0.05) is 273 Å². The Morgan fingerprint density at radius 2 is 0.475 bits per heavy atom. The fraction of sp³-hybridized carbons (Fsp3) is 0. The van der Waals surface area contributed by atoms with Crippen LogP contribution in [0.25, 0.3) is 55.6 Å². The van der Waals surface area contributed by atoms with E-state index in [0.29, 0.717) is 35.4 Å². The Morgan fingerprint density at radius 3 is 0.812 bits per heavy atom. The van der Waals surface area contributed by atoms with Crippen molar-refractivity contribution in [3.63, 3.8) is 0 Å². The summed E-state index contributed by atoms with van der Waals surface area (Å²) in [4.78, 5) is 39.6.